The molecular weight excluding hydrogens is 464 g/mol. The summed E-state index contributed by atoms with van der Waals surface area (Å²) in [4.78, 5) is 23.6. The van der Waals surface area contributed by atoms with Crippen molar-refractivity contribution < 1.29 is 9.53 Å². The Morgan fingerprint density at radius 3 is 2.54 bits per heavy atom. The Labute approximate surface area is 211 Å². The molecule has 1 fully saturated rings. The number of nitrogens with zero attached hydrogens (tertiary/aromatic N) is 5. The zero-order chi connectivity index (χ0) is 24.8. The Kier molecular flexibility index (Phi) is 8.36. The van der Waals surface area contributed by atoms with Crippen molar-refractivity contribution in [2.24, 2.45) is 0 Å². The number of aryl methyl sites for hydroxylation is 2. The Hall–Kier alpha value is -2.97. The summed E-state index contributed by atoms with van der Waals surface area (Å²) < 4.78 is 7.42. The first-order chi connectivity index (χ1) is 17.0. The number of nitrogens with one attached hydrogen (secondary N) is 1. The fraction of sp³-hybridized carbons (Fsp3) is 0.462. The number of halogens is 1. The second kappa shape index (κ2) is 11.6. The van der Waals surface area contributed by atoms with Crippen LogP contribution in [0.5, 0.6) is 5.75 Å². The molecule has 35 heavy (non-hydrogen) atoms. The Morgan fingerprint density at radius 2 is 1.89 bits per heavy atom. The largest absolute Gasteiger partial charge is 0.495 e. The quantitative estimate of drug-likeness (QED) is 0.390. The number of ether oxygens (including phenoxy) is 1. The average Bonchev–Trinajstić information content (AvgIpc) is 3.37. The predicted octanol–water partition coefficient (Wildman–Crippen LogP) is 5.11. The second-order valence-corrected chi connectivity index (χ2v) is 9.22. The minimum atomic E-state index is 0.0646. The van der Waals surface area contributed by atoms with E-state index in [9.17, 15) is 4.79 Å². The molecule has 1 N–H and O–H groups in total. The van der Waals surface area contributed by atoms with E-state index < -0.39 is 0 Å². The lowest BCUT2D eigenvalue weighted by atomic mass is 10.0. The van der Waals surface area contributed by atoms with Crippen molar-refractivity contribution in [1.29, 1.82) is 0 Å². The van der Waals surface area contributed by atoms with Crippen molar-refractivity contribution >= 4 is 29.0 Å². The number of rotatable bonds is 10. The van der Waals surface area contributed by atoms with Crippen LogP contribution in [-0.4, -0.2) is 57.2 Å². The summed E-state index contributed by atoms with van der Waals surface area (Å²) in [5.74, 6) is 1.12. The van der Waals surface area contributed by atoms with Gasteiger partial charge in [0.15, 0.2) is 5.78 Å². The van der Waals surface area contributed by atoms with Crippen LogP contribution in [0.25, 0.3) is 0 Å². The van der Waals surface area contributed by atoms with Gasteiger partial charge in [0.1, 0.15) is 5.75 Å². The van der Waals surface area contributed by atoms with Gasteiger partial charge in [0.05, 0.1) is 30.1 Å². The second-order valence-electron chi connectivity index (χ2n) is 8.84. The normalized spacial score (nSPS) is 14.7. The molecule has 1 aliphatic heterocycles. The van der Waals surface area contributed by atoms with Crippen LogP contribution in [0, 0.1) is 0 Å². The number of methoxy groups -OCH3 is 1. The van der Waals surface area contributed by atoms with Crippen LogP contribution in [0.1, 0.15) is 60.6 Å². The van der Waals surface area contributed by atoms with Gasteiger partial charge in [0, 0.05) is 43.7 Å². The maximum atomic E-state index is 12.2. The lowest BCUT2D eigenvalue weighted by Gasteiger charge is -2.31. The van der Waals surface area contributed by atoms with Gasteiger partial charge in [-0.25, -0.2) is 9.97 Å². The number of Topliss-reactive ketones (excluding diaryl/α,β-unsaturated/α-hetero) is 1. The van der Waals surface area contributed by atoms with Crippen LogP contribution in [0.4, 0.5) is 11.6 Å². The van der Waals surface area contributed by atoms with Crippen LogP contribution in [0.3, 0.4) is 0 Å². The first kappa shape index (κ1) is 25.1. The number of ketones is 1. The third-order valence-corrected chi connectivity index (χ3v) is 7.03. The standard InChI is InChI=1S/C26H33ClN6O2/c1-4-23(34)20-12-19(25(27)24(13-20)35-3)7-6-18-14-28-26(29-15-18)31-21-16-30-33(17-21)22-8-10-32(5-2)11-9-22/h12-17,22H,4-11H2,1-3H3,(H,28,29,31). The first-order valence-corrected chi connectivity index (χ1v) is 12.6. The summed E-state index contributed by atoms with van der Waals surface area (Å²) in [5.41, 5.74) is 3.36. The fourth-order valence-electron chi connectivity index (χ4n) is 4.41. The van der Waals surface area contributed by atoms with Crippen molar-refractivity contribution in [3.63, 3.8) is 0 Å². The molecule has 0 amide bonds. The van der Waals surface area contributed by atoms with Gasteiger partial charge in [-0.05, 0) is 55.5 Å². The molecule has 0 atom stereocenters. The van der Waals surface area contributed by atoms with E-state index in [1.54, 1.807) is 13.2 Å². The SMILES string of the molecule is CCC(=O)c1cc(CCc2cnc(Nc3cnn(C4CCN(CC)CC4)c3)nc2)c(Cl)c(OC)c1. The van der Waals surface area contributed by atoms with E-state index in [4.69, 9.17) is 16.3 Å². The van der Waals surface area contributed by atoms with E-state index in [1.165, 1.54) is 0 Å². The molecule has 1 aromatic carbocycles. The molecule has 9 heteroatoms. The van der Waals surface area contributed by atoms with Crippen LogP contribution < -0.4 is 10.1 Å². The third kappa shape index (κ3) is 6.18. The molecule has 3 heterocycles. The van der Waals surface area contributed by atoms with E-state index in [-0.39, 0.29) is 5.78 Å². The molecule has 1 aliphatic rings. The molecule has 186 valence electrons. The predicted molar refractivity (Wildman–Crippen MR) is 138 cm³/mol. The van der Waals surface area contributed by atoms with Gasteiger partial charge in [-0.15, -0.1) is 0 Å². The van der Waals surface area contributed by atoms with E-state index in [1.807, 2.05) is 37.8 Å². The highest BCUT2D eigenvalue weighted by Gasteiger charge is 2.20. The van der Waals surface area contributed by atoms with E-state index in [0.29, 0.717) is 47.6 Å². The molecule has 4 rings (SSSR count). The van der Waals surface area contributed by atoms with Gasteiger partial charge < -0.3 is 15.0 Å². The van der Waals surface area contributed by atoms with Crippen LogP contribution in [-0.2, 0) is 12.8 Å². The third-order valence-electron chi connectivity index (χ3n) is 6.60. The Morgan fingerprint density at radius 1 is 1.14 bits per heavy atom. The highest BCUT2D eigenvalue weighted by molar-refractivity contribution is 6.33. The molecular formula is C26H33ClN6O2. The number of likely N-dealkylation sites (tertiary alicyclic amines) is 1. The monoisotopic (exact) mass is 496 g/mol. The lowest BCUT2D eigenvalue weighted by Crippen LogP contribution is -2.34. The van der Waals surface area contributed by atoms with Crippen molar-refractivity contribution in [2.75, 3.05) is 32.1 Å². The molecule has 0 aliphatic carbocycles. The number of aromatic nitrogens is 4. The summed E-state index contributed by atoms with van der Waals surface area (Å²) in [6.45, 7) is 7.40. The zero-order valence-corrected chi connectivity index (χ0v) is 21.4. The van der Waals surface area contributed by atoms with Crippen molar-refractivity contribution in [3.8, 4) is 5.75 Å². The summed E-state index contributed by atoms with van der Waals surface area (Å²) in [6, 6.07) is 4.00. The number of anilines is 2. The van der Waals surface area contributed by atoms with Crippen LogP contribution in [0.15, 0.2) is 36.9 Å². The molecule has 0 saturated carbocycles. The summed E-state index contributed by atoms with van der Waals surface area (Å²) >= 11 is 6.50. The minimum absolute atomic E-state index is 0.0646. The van der Waals surface area contributed by atoms with Crippen molar-refractivity contribution in [3.05, 3.63) is 58.6 Å². The molecule has 1 saturated heterocycles. The molecule has 0 bridgehead atoms. The van der Waals surface area contributed by atoms with Crippen molar-refractivity contribution in [2.45, 2.75) is 52.0 Å². The van der Waals surface area contributed by atoms with Crippen molar-refractivity contribution in [1.82, 2.24) is 24.6 Å². The molecule has 0 spiro atoms. The number of benzene rings is 1. The van der Waals surface area contributed by atoms with Gasteiger partial charge in [-0.2, -0.15) is 5.10 Å². The van der Waals surface area contributed by atoms with Gasteiger partial charge in [-0.1, -0.05) is 25.4 Å². The van der Waals surface area contributed by atoms with Gasteiger partial charge in [-0.3, -0.25) is 9.48 Å². The lowest BCUT2D eigenvalue weighted by molar-refractivity contribution is 0.0987. The molecule has 8 nitrogen and oxygen atoms in total. The Bertz CT molecular complexity index is 1140. The van der Waals surface area contributed by atoms with Gasteiger partial charge >= 0.3 is 0 Å². The number of hydrogen-bond donors (Lipinski definition) is 1. The van der Waals surface area contributed by atoms with Crippen LogP contribution >= 0.6 is 11.6 Å². The van der Waals surface area contributed by atoms with Gasteiger partial charge in [0.25, 0.3) is 0 Å². The summed E-state index contributed by atoms with van der Waals surface area (Å²) in [5, 5.41) is 8.33. The summed E-state index contributed by atoms with van der Waals surface area (Å²) in [7, 11) is 1.56. The number of hydrogen-bond acceptors (Lipinski definition) is 7. The van der Waals surface area contributed by atoms with E-state index in [2.05, 4.69) is 36.9 Å². The smallest absolute Gasteiger partial charge is 0.227 e. The fourth-order valence-corrected chi connectivity index (χ4v) is 4.69. The molecule has 2 aromatic heterocycles. The van der Waals surface area contributed by atoms with Crippen LogP contribution in [0.2, 0.25) is 5.02 Å². The zero-order valence-electron chi connectivity index (χ0n) is 20.6. The van der Waals surface area contributed by atoms with E-state index in [0.717, 1.165) is 49.3 Å². The molecule has 0 unspecified atom stereocenters. The topological polar surface area (TPSA) is 85.2 Å². The molecule has 3 aromatic rings. The summed E-state index contributed by atoms with van der Waals surface area (Å²) in [6.07, 6.45) is 11.5. The van der Waals surface area contributed by atoms with E-state index >= 15 is 0 Å². The highest BCUT2D eigenvalue weighted by Crippen LogP contribution is 2.31. The Balaban J connectivity index is 1.36. The maximum absolute atomic E-state index is 12.2. The highest BCUT2D eigenvalue weighted by atomic mass is 35.5. The number of carbonyl (C=O) groups excluding carboxylic acids is 1. The average molecular weight is 497 g/mol. The van der Waals surface area contributed by atoms with Gasteiger partial charge in [0.2, 0.25) is 5.95 Å². The first-order valence-electron chi connectivity index (χ1n) is 12.2. The minimum Gasteiger partial charge on any atom is -0.495 e. The molecule has 0 radical (unpaired) electrons. The number of carbonyl (C=O) groups is 1. The number of piperidine rings is 1. The maximum Gasteiger partial charge on any atom is 0.227 e.